The summed E-state index contributed by atoms with van der Waals surface area (Å²) in [6, 6.07) is 6.83. The Morgan fingerprint density at radius 2 is 1.93 bits per heavy atom. The molecule has 3 aromatic rings. The lowest BCUT2D eigenvalue weighted by Gasteiger charge is -2.08. The number of benzene rings is 2. The third kappa shape index (κ3) is 3.57. The van der Waals surface area contributed by atoms with E-state index < -0.39 is 11.5 Å². The summed E-state index contributed by atoms with van der Waals surface area (Å²) in [6.07, 6.45) is 0. The second-order valence-corrected chi connectivity index (χ2v) is 8.07. The summed E-state index contributed by atoms with van der Waals surface area (Å²) in [6.45, 7) is 5.71. The van der Waals surface area contributed by atoms with Crippen molar-refractivity contribution in [2.24, 2.45) is 0 Å². The number of carbonyl (C=O) groups is 1. The Morgan fingerprint density at radius 3 is 2.56 bits per heavy atom. The average Bonchev–Trinajstić information content (AvgIpc) is 2.93. The van der Waals surface area contributed by atoms with Crippen LogP contribution in [0.4, 0.5) is 0 Å². The molecule has 0 aliphatic rings. The molecule has 8 heteroatoms. The number of halogens is 2. The number of rotatable bonds is 4. The van der Waals surface area contributed by atoms with Crippen molar-refractivity contribution in [2.75, 3.05) is 7.11 Å². The van der Waals surface area contributed by atoms with Crippen LogP contribution in [0.25, 0.3) is 10.1 Å². The fraction of sp³-hybridized carbons (Fsp3) is 0.263. The van der Waals surface area contributed by atoms with Gasteiger partial charge in [0.05, 0.1) is 32.8 Å². The first-order valence-electron chi connectivity index (χ1n) is 8.15. The molecule has 2 aromatic carbocycles. The molecule has 142 valence electrons. The first-order chi connectivity index (χ1) is 12.7. The van der Waals surface area contributed by atoms with Crippen molar-refractivity contribution >= 4 is 50.8 Å². The van der Waals surface area contributed by atoms with Gasteiger partial charge < -0.3 is 9.57 Å². The molecule has 27 heavy (non-hydrogen) atoms. The van der Waals surface area contributed by atoms with Gasteiger partial charge in [-0.3, -0.25) is 4.79 Å². The molecule has 3 rings (SSSR count). The van der Waals surface area contributed by atoms with E-state index in [4.69, 9.17) is 32.8 Å². The van der Waals surface area contributed by atoms with Crippen LogP contribution >= 0.6 is 34.7 Å². The monoisotopic (exact) mass is 425 g/mol. The summed E-state index contributed by atoms with van der Waals surface area (Å²) < 4.78 is 6.93. The highest BCUT2D eigenvalue weighted by Gasteiger charge is 2.22. The molecule has 1 aromatic heterocycles. The molecule has 0 saturated heterocycles. The molecule has 5 nitrogen and oxygen atoms in total. The molecule has 0 amide bonds. The minimum atomic E-state index is -0.791. The number of hydrogen-bond donors (Lipinski definition) is 0. The number of aromatic nitrogens is 1. The number of nitrogens with zero attached hydrogens (tertiary/aromatic N) is 1. The lowest BCUT2D eigenvalue weighted by molar-refractivity contribution is 0.0499. The zero-order valence-corrected chi connectivity index (χ0v) is 17.5. The molecule has 0 bridgehead atoms. The zero-order valence-electron chi connectivity index (χ0n) is 15.1. The molecule has 0 aliphatic carbocycles. The van der Waals surface area contributed by atoms with Crippen LogP contribution in [-0.2, 0) is 0 Å². The van der Waals surface area contributed by atoms with Crippen molar-refractivity contribution in [1.82, 2.24) is 4.12 Å². The van der Waals surface area contributed by atoms with Gasteiger partial charge in [-0.15, -0.1) is 0 Å². The number of aryl methyl sites for hydroxylation is 1. The van der Waals surface area contributed by atoms with E-state index in [2.05, 4.69) is 0 Å². The largest absolute Gasteiger partial charge is 0.497 e. The maximum absolute atomic E-state index is 12.8. The van der Waals surface area contributed by atoms with Crippen molar-refractivity contribution in [1.29, 1.82) is 0 Å². The van der Waals surface area contributed by atoms with E-state index in [0.29, 0.717) is 21.4 Å². The third-order valence-corrected chi connectivity index (χ3v) is 5.91. The van der Waals surface area contributed by atoms with E-state index in [1.54, 1.807) is 32.2 Å². The standard InChI is InChI=1S/C19H17Cl2NO4S/c1-9(2)12-7-11(25-4)8-14-15(12)18(23)22(27-14)26-19(24)16-13(20)6-5-10(3)17(16)21/h5-9H,1-4H3. The van der Waals surface area contributed by atoms with Gasteiger partial charge in [-0.1, -0.05) is 47.2 Å². The molecular formula is C19H17Cl2NO4S. The van der Waals surface area contributed by atoms with E-state index in [1.807, 2.05) is 19.9 Å². The van der Waals surface area contributed by atoms with E-state index in [9.17, 15) is 9.59 Å². The number of ether oxygens (including phenoxy) is 1. The van der Waals surface area contributed by atoms with Crippen molar-refractivity contribution < 1.29 is 14.4 Å². The predicted molar refractivity (Wildman–Crippen MR) is 109 cm³/mol. The Balaban J connectivity index is 2.10. The van der Waals surface area contributed by atoms with Crippen molar-refractivity contribution in [3.8, 4) is 5.75 Å². The highest BCUT2D eigenvalue weighted by Crippen LogP contribution is 2.32. The Hall–Kier alpha value is -2.02. The Labute approximate surface area is 170 Å². The van der Waals surface area contributed by atoms with Crippen LogP contribution in [0.3, 0.4) is 0 Å². The lowest BCUT2D eigenvalue weighted by atomic mass is 9.99. The minimum absolute atomic E-state index is 0.0318. The summed E-state index contributed by atoms with van der Waals surface area (Å²) in [5.74, 6) is -0.0640. The van der Waals surface area contributed by atoms with Crippen LogP contribution in [0.5, 0.6) is 5.75 Å². The number of hydrogen-bond acceptors (Lipinski definition) is 5. The first kappa shape index (κ1) is 19.7. The summed E-state index contributed by atoms with van der Waals surface area (Å²) in [5, 5.41) is 0.866. The van der Waals surface area contributed by atoms with Crippen LogP contribution < -0.4 is 15.1 Å². The highest BCUT2D eigenvalue weighted by molar-refractivity contribution is 7.13. The molecule has 0 aliphatic heterocycles. The Morgan fingerprint density at radius 1 is 1.22 bits per heavy atom. The van der Waals surface area contributed by atoms with Gasteiger partial charge in [-0.25, -0.2) is 4.79 Å². The molecule has 0 saturated carbocycles. The first-order valence-corrected chi connectivity index (χ1v) is 9.68. The van der Waals surface area contributed by atoms with E-state index >= 15 is 0 Å². The molecule has 1 heterocycles. The summed E-state index contributed by atoms with van der Waals surface area (Å²) >= 11 is 13.3. The van der Waals surface area contributed by atoms with Gasteiger partial charge in [-0.2, -0.15) is 0 Å². The molecule has 0 N–H and O–H groups in total. The number of fused-ring (bicyclic) bond motifs is 1. The maximum atomic E-state index is 12.8. The molecular weight excluding hydrogens is 409 g/mol. The molecule has 0 spiro atoms. The normalized spacial score (nSPS) is 11.2. The van der Waals surface area contributed by atoms with Gasteiger partial charge in [0, 0.05) is 0 Å². The van der Waals surface area contributed by atoms with Crippen molar-refractivity contribution in [3.05, 3.63) is 61.4 Å². The van der Waals surface area contributed by atoms with E-state index in [1.165, 1.54) is 0 Å². The van der Waals surface area contributed by atoms with Crippen molar-refractivity contribution in [2.45, 2.75) is 26.7 Å². The molecule has 0 fully saturated rings. The van der Waals surface area contributed by atoms with Gasteiger partial charge in [0.25, 0.3) is 0 Å². The third-order valence-electron chi connectivity index (χ3n) is 4.18. The van der Waals surface area contributed by atoms with Gasteiger partial charge in [0.15, 0.2) is 0 Å². The second kappa shape index (κ2) is 7.54. The maximum Gasteiger partial charge on any atom is 0.367 e. The number of carbonyl (C=O) groups excluding carboxylic acids is 1. The lowest BCUT2D eigenvalue weighted by Crippen LogP contribution is -2.27. The van der Waals surface area contributed by atoms with Crippen LogP contribution in [0, 0.1) is 6.92 Å². The summed E-state index contributed by atoms with van der Waals surface area (Å²) in [4.78, 5) is 30.8. The summed E-state index contributed by atoms with van der Waals surface area (Å²) in [5.41, 5.74) is 1.13. The van der Waals surface area contributed by atoms with Gasteiger partial charge >= 0.3 is 11.5 Å². The molecule has 0 radical (unpaired) electrons. The van der Waals surface area contributed by atoms with Gasteiger partial charge in [0.1, 0.15) is 5.75 Å². The van der Waals surface area contributed by atoms with Crippen LogP contribution in [-0.4, -0.2) is 17.2 Å². The Bertz CT molecular complexity index is 1100. The van der Waals surface area contributed by atoms with Crippen molar-refractivity contribution in [3.63, 3.8) is 0 Å². The quantitative estimate of drug-likeness (QED) is 0.584. The van der Waals surface area contributed by atoms with E-state index in [-0.39, 0.29) is 21.5 Å². The highest BCUT2D eigenvalue weighted by atomic mass is 35.5. The zero-order chi connectivity index (χ0) is 19.9. The van der Waals surface area contributed by atoms with Gasteiger partial charge in [0.2, 0.25) is 0 Å². The SMILES string of the molecule is COc1cc(C(C)C)c2c(=O)n(OC(=O)c3c(Cl)ccc(C)c3Cl)sc2c1. The summed E-state index contributed by atoms with van der Waals surface area (Å²) in [7, 11) is 1.56. The fourth-order valence-corrected chi connectivity index (χ4v) is 4.18. The number of methoxy groups -OCH3 is 1. The molecule has 0 atom stereocenters. The fourth-order valence-electron chi connectivity index (χ4n) is 2.73. The Kier molecular flexibility index (Phi) is 5.51. The average molecular weight is 426 g/mol. The topological polar surface area (TPSA) is 57.5 Å². The van der Waals surface area contributed by atoms with Gasteiger partial charge in [-0.05, 0) is 53.7 Å². The van der Waals surface area contributed by atoms with Crippen LogP contribution in [0.2, 0.25) is 10.0 Å². The smallest absolute Gasteiger partial charge is 0.367 e. The van der Waals surface area contributed by atoms with Crippen LogP contribution in [0.1, 0.15) is 41.3 Å². The second-order valence-electron chi connectivity index (χ2n) is 6.33. The predicted octanol–water partition coefficient (Wildman–Crippen LogP) is 5.08. The molecule has 0 unspecified atom stereocenters. The van der Waals surface area contributed by atoms with Crippen LogP contribution in [0.15, 0.2) is 29.1 Å². The minimum Gasteiger partial charge on any atom is -0.497 e. The van der Waals surface area contributed by atoms with E-state index in [0.717, 1.165) is 21.2 Å².